The fourth-order valence-electron chi connectivity index (χ4n) is 3.58. The first-order valence-corrected chi connectivity index (χ1v) is 9.22. The summed E-state index contributed by atoms with van der Waals surface area (Å²) in [6.07, 6.45) is 3.19. The Balaban J connectivity index is 2.04. The molecular formula is C20H20N2S. The number of rotatable bonds is 2. The molecule has 0 amide bonds. The van der Waals surface area contributed by atoms with E-state index in [1.165, 1.54) is 38.5 Å². The van der Waals surface area contributed by atoms with Gasteiger partial charge in [0, 0.05) is 23.2 Å². The zero-order valence-electron chi connectivity index (χ0n) is 13.8. The van der Waals surface area contributed by atoms with Crippen LogP contribution in [0.5, 0.6) is 0 Å². The van der Waals surface area contributed by atoms with E-state index in [0.717, 1.165) is 18.5 Å². The maximum absolute atomic E-state index is 4.95. The van der Waals surface area contributed by atoms with Crippen LogP contribution in [0, 0.1) is 13.8 Å². The van der Waals surface area contributed by atoms with E-state index in [-0.39, 0.29) is 0 Å². The molecule has 0 unspecified atom stereocenters. The number of para-hydroxylation sites is 2. The van der Waals surface area contributed by atoms with Crippen molar-refractivity contribution < 1.29 is 0 Å². The lowest BCUT2D eigenvalue weighted by Gasteiger charge is -2.23. The lowest BCUT2D eigenvalue weighted by atomic mass is 10.1. The molecule has 0 N–H and O–H groups in total. The van der Waals surface area contributed by atoms with Crippen molar-refractivity contribution in [3.05, 3.63) is 59.2 Å². The lowest BCUT2D eigenvalue weighted by Crippen LogP contribution is -2.14. The van der Waals surface area contributed by atoms with Crippen LogP contribution in [0.2, 0.25) is 0 Å². The molecule has 23 heavy (non-hydrogen) atoms. The second-order valence-corrected chi connectivity index (χ2v) is 6.90. The highest BCUT2D eigenvalue weighted by molar-refractivity contribution is 7.98. The minimum absolute atomic E-state index is 1.03. The third-order valence-electron chi connectivity index (χ3n) is 4.71. The van der Waals surface area contributed by atoms with E-state index in [1.54, 1.807) is 11.8 Å². The second-order valence-electron chi connectivity index (χ2n) is 6.11. The highest BCUT2D eigenvalue weighted by atomic mass is 32.2. The fourth-order valence-corrected chi connectivity index (χ4v) is 4.20. The maximum Gasteiger partial charge on any atom is 0.102 e. The van der Waals surface area contributed by atoms with Crippen molar-refractivity contribution in [3.63, 3.8) is 0 Å². The van der Waals surface area contributed by atoms with Crippen molar-refractivity contribution in [1.29, 1.82) is 0 Å². The standard InChI is InChI=1S/C20H20N2S/c1-13-7-4-5-10-17(13)22-12-11-16-19(22)15-9-6-8-14(2)18(15)21-20(16)23-3/h4-10H,11-12H2,1-3H3. The van der Waals surface area contributed by atoms with E-state index >= 15 is 0 Å². The van der Waals surface area contributed by atoms with E-state index in [1.807, 2.05) is 0 Å². The summed E-state index contributed by atoms with van der Waals surface area (Å²) in [5.74, 6) is 0. The second kappa shape index (κ2) is 5.57. The van der Waals surface area contributed by atoms with Crippen LogP contribution in [-0.4, -0.2) is 17.8 Å². The van der Waals surface area contributed by atoms with Crippen LogP contribution in [0.3, 0.4) is 0 Å². The van der Waals surface area contributed by atoms with E-state index < -0.39 is 0 Å². The summed E-state index contributed by atoms with van der Waals surface area (Å²) in [6, 6.07) is 15.2. The Morgan fingerprint density at radius 1 is 1.00 bits per heavy atom. The summed E-state index contributed by atoms with van der Waals surface area (Å²) in [6.45, 7) is 5.37. The average molecular weight is 320 g/mol. The van der Waals surface area contributed by atoms with Gasteiger partial charge in [-0.3, -0.25) is 0 Å². The van der Waals surface area contributed by atoms with Crippen molar-refractivity contribution in [2.24, 2.45) is 0 Å². The third-order valence-corrected chi connectivity index (χ3v) is 5.43. The van der Waals surface area contributed by atoms with Gasteiger partial charge in [0.05, 0.1) is 11.2 Å². The molecule has 2 heterocycles. The highest BCUT2D eigenvalue weighted by Gasteiger charge is 2.27. The molecule has 3 aromatic rings. The number of fused-ring (bicyclic) bond motifs is 3. The molecule has 2 nitrogen and oxygen atoms in total. The molecule has 1 aliphatic heterocycles. The van der Waals surface area contributed by atoms with Crippen LogP contribution in [0.15, 0.2) is 47.5 Å². The molecule has 0 aliphatic carbocycles. The van der Waals surface area contributed by atoms with Crippen molar-refractivity contribution in [2.45, 2.75) is 25.3 Å². The summed E-state index contributed by atoms with van der Waals surface area (Å²) in [4.78, 5) is 7.43. The number of hydrogen-bond donors (Lipinski definition) is 0. The molecule has 3 heteroatoms. The molecule has 4 rings (SSSR count). The van der Waals surface area contributed by atoms with Gasteiger partial charge in [-0.05, 0) is 43.7 Å². The van der Waals surface area contributed by atoms with Crippen molar-refractivity contribution in [3.8, 4) is 0 Å². The summed E-state index contributed by atoms with van der Waals surface area (Å²) in [7, 11) is 0. The summed E-state index contributed by atoms with van der Waals surface area (Å²) < 4.78 is 0. The number of hydrogen-bond acceptors (Lipinski definition) is 3. The summed E-state index contributed by atoms with van der Waals surface area (Å²) >= 11 is 1.76. The van der Waals surface area contributed by atoms with Crippen LogP contribution < -0.4 is 4.90 Å². The number of pyridine rings is 1. The van der Waals surface area contributed by atoms with Crippen molar-refractivity contribution >= 4 is 34.0 Å². The average Bonchev–Trinajstić information content (AvgIpc) is 3.00. The molecule has 0 atom stereocenters. The molecule has 1 aromatic heterocycles. The lowest BCUT2D eigenvalue weighted by molar-refractivity contribution is 0.972. The van der Waals surface area contributed by atoms with E-state index in [4.69, 9.17) is 4.98 Å². The number of nitrogens with zero attached hydrogens (tertiary/aromatic N) is 2. The topological polar surface area (TPSA) is 16.1 Å². The normalized spacial score (nSPS) is 13.6. The Bertz CT molecular complexity index is 902. The first-order chi connectivity index (χ1) is 11.2. The first kappa shape index (κ1) is 14.6. The van der Waals surface area contributed by atoms with Crippen LogP contribution in [0.4, 0.5) is 11.4 Å². The van der Waals surface area contributed by atoms with Crippen LogP contribution in [-0.2, 0) is 6.42 Å². The summed E-state index contributed by atoms with van der Waals surface area (Å²) in [5.41, 5.74) is 7.78. The molecule has 0 saturated heterocycles. The summed E-state index contributed by atoms with van der Waals surface area (Å²) in [5, 5.41) is 2.46. The number of benzene rings is 2. The number of thioether (sulfide) groups is 1. The van der Waals surface area contributed by atoms with Gasteiger partial charge in [0.15, 0.2) is 0 Å². The predicted molar refractivity (Wildman–Crippen MR) is 100 cm³/mol. The monoisotopic (exact) mass is 320 g/mol. The predicted octanol–water partition coefficient (Wildman–Crippen LogP) is 5.27. The van der Waals surface area contributed by atoms with Gasteiger partial charge in [-0.15, -0.1) is 11.8 Å². The molecule has 2 aromatic carbocycles. The van der Waals surface area contributed by atoms with Gasteiger partial charge in [0.2, 0.25) is 0 Å². The Hall–Kier alpha value is -2.00. The van der Waals surface area contributed by atoms with Gasteiger partial charge in [-0.1, -0.05) is 36.4 Å². The van der Waals surface area contributed by atoms with Gasteiger partial charge >= 0.3 is 0 Å². The fraction of sp³-hybridized carbons (Fsp3) is 0.250. The number of aromatic nitrogens is 1. The molecule has 0 saturated carbocycles. The molecule has 0 bridgehead atoms. The van der Waals surface area contributed by atoms with E-state index in [2.05, 4.69) is 67.5 Å². The van der Waals surface area contributed by atoms with E-state index in [0.29, 0.717) is 0 Å². The van der Waals surface area contributed by atoms with Crippen molar-refractivity contribution in [2.75, 3.05) is 17.7 Å². The highest BCUT2D eigenvalue weighted by Crippen LogP contribution is 2.44. The number of aryl methyl sites for hydroxylation is 2. The SMILES string of the molecule is CSc1nc2c(C)cccc2c2c1CCN2c1ccccc1C. The van der Waals surface area contributed by atoms with Crippen LogP contribution >= 0.6 is 11.8 Å². The zero-order chi connectivity index (χ0) is 16.0. The molecule has 116 valence electrons. The minimum atomic E-state index is 1.03. The van der Waals surface area contributed by atoms with Crippen molar-refractivity contribution in [1.82, 2.24) is 4.98 Å². The van der Waals surface area contributed by atoms with Gasteiger partial charge in [0.25, 0.3) is 0 Å². The third kappa shape index (κ3) is 2.22. The quantitative estimate of drug-likeness (QED) is 0.599. The van der Waals surface area contributed by atoms with Crippen LogP contribution in [0.25, 0.3) is 10.9 Å². The Morgan fingerprint density at radius 3 is 2.57 bits per heavy atom. The zero-order valence-corrected chi connectivity index (χ0v) is 14.6. The molecule has 0 radical (unpaired) electrons. The van der Waals surface area contributed by atoms with Gasteiger partial charge in [-0.2, -0.15) is 0 Å². The van der Waals surface area contributed by atoms with E-state index in [9.17, 15) is 0 Å². The molecule has 0 spiro atoms. The molecule has 0 fully saturated rings. The Kier molecular flexibility index (Phi) is 3.53. The minimum Gasteiger partial charge on any atom is -0.340 e. The smallest absolute Gasteiger partial charge is 0.102 e. The van der Waals surface area contributed by atoms with Crippen LogP contribution in [0.1, 0.15) is 16.7 Å². The number of anilines is 2. The molecule has 1 aliphatic rings. The van der Waals surface area contributed by atoms with Gasteiger partial charge in [0.1, 0.15) is 5.03 Å². The maximum atomic E-state index is 4.95. The Morgan fingerprint density at radius 2 is 1.78 bits per heavy atom. The van der Waals surface area contributed by atoms with Gasteiger partial charge in [-0.25, -0.2) is 4.98 Å². The molecular weight excluding hydrogens is 300 g/mol. The van der Waals surface area contributed by atoms with Gasteiger partial charge < -0.3 is 4.90 Å². The largest absolute Gasteiger partial charge is 0.340 e. The first-order valence-electron chi connectivity index (χ1n) is 8.00. The Labute approximate surface area is 141 Å².